The Morgan fingerprint density at radius 3 is 2.42 bits per heavy atom. The van der Waals surface area contributed by atoms with Gasteiger partial charge >= 0.3 is 0 Å². The first-order valence-corrected chi connectivity index (χ1v) is 8.71. The third-order valence-corrected chi connectivity index (χ3v) is 4.79. The van der Waals surface area contributed by atoms with Crippen LogP contribution in [0.1, 0.15) is 22.5 Å². The number of ether oxygens (including phenoxy) is 1. The van der Waals surface area contributed by atoms with Gasteiger partial charge < -0.3 is 9.64 Å². The highest BCUT2D eigenvalue weighted by molar-refractivity contribution is 7.99. The van der Waals surface area contributed by atoms with Gasteiger partial charge in [-0.15, -0.1) is 0 Å². The second-order valence-electron chi connectivity index (χ2n) is 5.65. The second kappa shape index (κ2) is 8.15. The molecule has 2 aromatic rings. The number of amides is 1. The molecule has 1 aromatic heterocycles. The molecule has 0 fully saturated rings. The molecule has 0 spiro atoms. The number of methoxy groups -OCH3 is 1. The molecule has 0 radical (unpaired) electrons. The number of aromatic nitrogens is 2. The molecule has 0 aliphatic carbocycles. The van der Waals surface area contributed by atoms with Gasteiger partial charge in [0.05, 0.1) is 12.9 Å². The standard InChI is InChI=1S/C18H23N3O2S/c1-12-13(2)19-18(20-14(12)3)24-11-17(22)21(4)10-15-8-6-7-9-16(15)23-5/h6-9H,10-11H2,1-5H3. The number of carbonyl (C=O) groups is 1. The topological polar surface area (TPSA) is 55.3 Å². The quantitative estimate of drug-likeness (QED) is 0.594. The Labute approximate surface area is 147 Å². The van der Waals surface area contributed by atoms with Crippen molar-refractivity contribution >= 4 is 17.7 Å². The Kier molecular flexibility index (Phi) is 6.20. The van der Waals surface area contributed by atoms with Crippen LogP contribution in [0.25, 0.3) is 0 Å². The molecule has 1 amide bonds. The summed E-state index contributed by atoms with van der Waals surface area (Å²) in [6.07, 6.45) is 0. The SMILES string of the molecule is COc1ccccc1CN(C)C(=O)CSc1nc(C)c(C)c(C)n1. The van der Waals surface area contributed by atoms with Crippen LogP contribution in [0.5, 0.6) is 5.75 Å². The third kappa shape index (κ3) is 4.47. The Morgan fingerprint density at radius 1 is 1.17 bits per heavy atom. The third-order valence-electron chi connectivity index (χ3n) is 3.96. The zero-order chi connectivity index (χ0) is 17.7. The first-order chi connectivity index (χ1) is 11.4. The second-order valence-corrected chi connectivity index (χ2v) is 6.59. The van der Waals surface area contributed by atoms with Crippen LogP contribution in [-0.4, -0.2) is 40.7 Å². The normalized spacial score (nSPS) is 10.5. The molecule has 0 unspecified atom stereocenters. The Hall–Kier alpha value is -2.08. The van der Waals surface area contributed by atoms with E-state index in [4.69, 9.17) is 4.74 Å². The summed E-state index contributed by atoms with van der Waals surface area (Å²) >= 11 is 1.37. The van der Waals surface area contributed by atoms with Crippen molar-refractivity contribution in [2.75, 3.05) is 19.9 Å². The first kappa shape index (κ1) is 18.3. The maximum Gasteiger partial charge on any atom is 0.233 e. The minimum Gasteiger partial charge on any atom is -0.496 e. The van der Waals surface area contributed by atoms with Crippen molar-refractivity contribution in [1.82, 2.24) is 14.9 Å². The van der Waals surface area contributed by atoms with Crippen LogP contribution in [0.15, 0.2) is 29.4 Å². The minimum atomic E-state index is 0.0328. The summed E-state index contributed by atoms with van der Waals surface area (Å²) in [5.74, 6) is 1.14. The molecule has 0 N–H and O–H groups in total. The van der Waals surface area contributed by atoms with E-state index in [2.05, 4.69) is 9.97 Å². The van der Waals surface area contributed by atoms with E-state index in [1.165, 1.54) is 11.8 Å². The summed E-state index contributed by atoms with van der Waals surface area (Å²) in [6.45, 7) is 6.44. The Bertz CT molecular complexity index is 711. The number of hydrogen-bond acceptors (Lipinski definition) is 5. The largest absolute Gasteiger partial charge is 0.496 e. The summed E-state index contributed by atoms with van der Waals surface area (Å²) in [4.78, 5) is 22.9. The van der Waals surface area contributed by atoms with E-state index in [0.717, 1.165) is 28.3 Å². The van der Waals surface area contributed by atoms with E-state index in [1.807, 2.05) is 45.0 Å². The lowest BCUT2D eigenvalue weighted by Crippen LogP contribution is -2.28. The first-order valence-electron chi connectivity index (χ1n) is 7.73. The van der Waals surface area contributed by atoms with E-state index in [9.17, 15) is 4.79 Å². The predicted octanol–water partition coefficient (Wildman–Crippen LogP) is 3.16. The number of benzene rings is 1. The number of aryl methyl sites for hydroxylation is 2. The van der Waals surface area contributed by atoms with Gasteiger partial charge in [0.1, 0.15) is 5.75 Å². The van der Waals surface area contributed by atoms with Gasteiger partial charge in [0.25, 0.3) is 0 Å². The van der Waals surface area contributed by atoms with Gasteiger partial charge in [-0.05, 0) is 32.4 Å². The Balaban J connectivity index is 1.97. The van der Waals surface area contributed by atoms with Crippen molar-refractivity contribution in [3.8, 4) is 5.75 Å². The molecular weight excluding hydrogens is 322 g/mol. The molecule has 6 heteroatoms. The average molecular weight is 345 g/mol. The Morgan fingerprint density at radius 2 is 1.79 bits per heavy atom. The summed E-state index contributed by atoms with van der Waals surface area (Å²) in [5, 5.41) is 0.648. The molecule has 0 atom stereocenters. The van der Waals surface area contributed by atoms with Crippen LogP contribution < -0.4 is 4.74 Å². The van der Waals surface area contributed by atoms with Gasteiger partial charge in [-0.2, -0.15) is 0 Å². The fraction of sp³-hybridized carbons (Fsp3) is 0.389. The van der Waals surface area contributed by atoms with Gasteiger partial charge in [-0.1, -0.05) is 30.0 Å². The zero-order valence-electron chi connectivity index (χ0n) is 14.8. The van der Waals surface area contributed by atoms with Crippen molar-refractivity contribution < 1.29 is 9.53 Å². The van der Waals surface area contributed by atoms with Crippen LogP contribution in [0.2, 0.25) is 0 Å². The molecule has 5 nitrogen and oxygen atoms in total. The number of nitrogens with zero attached hydrogens (tertiary/aromatic N) is 3. The van der Waals surface area contributed by atoms with Crippen LogP contribution >= 0.6 is 11.8 Å². The van der Waals surface area contributed by atoms with Crippen molar-refractivity contribution in [2.45, 2.75) is 32.5 Å². The summed E-state index contributed by atoms with van der Waals surface area (Å²) in [5.41, 5.74) is 4.00. The molecular formula is C18H23N3O2S. The van der Waals surface area contributed by atoms with Crippen molar-refractivity contribution in [1.29, 1.82) is 0 Å². The average Bonchev–Trinajstić information content (AvgIpc) is 2.57. The van der Waals surface area contributed by atoms with Crippen LogP contribution in [0.3, 0.4) is 0 Å². The van der Waals surface area contributed by atoms with Gasteiger partial charge in [0.15, 0.2) is 5.16 Å². The lowest BCUT2D eigenvalue weighted by atomic mass is 10.2. The van der Waals surface area contributed by atoms with Crippen LogP contribution in [0.4, 0.5) is 0 Å². The van der Waals surface area contributed by atoms with Crippen molar-refractivity contribution in [2.24, 2.45) is 0 Å². The highest BCUT2D eigenvalue weighted by Crippen LogP contribution is 2.20. The van der Waals surface area contributed by atoms with Crippen LogP contribution in [-0.2, 0) is 11.3 Å². The van der Waals surface area contributed by atoms with Gasteiger partial charge in [0.2, 0.25) is 5.91 Å². The fourth-order valence-corrected chi connectivity index (χ4v) is 3.10. The van der Waals surface area contributed by atoms with E-state index in [1.54, 1.807) is 19.1 Å². The molecule has 1 aromatic carbocycles. The van der Waals surface area contributed by atoms with Gasteiger partial charge in [0, 0.05) is 30.5 Å². The minimum absolute atomic E-state index is 0.0328. The van der Waals surface area contributed by atoms with E-state index in [-0.39, 0.29) is 5.91 Å². The summed E-state index contributed by atoms with van der Waals surface area (Å²) in [7, 11) is 3.43. The lowest BCUT2D eigenvalue weighted by Gasteiger charge is -2.18. The van der Waals surface area contributed by atoms with Gasteiger partial charge in [-0.25, -0.2) is 9.97 Å². The van der Waals surface area contributed by atoms with Gasteiger partial charge in [-0.3, -0.25) is 4.79 Å². The summed E-state index contributed by atoms with van der Waals surface area (Å²) < 4.78 is 5.33. The fourth-order valence-electron chi connectivity index (χ4n) is 2.22. The predicted molar refractivity (Wildman–Crippen MR) is 96.4 cm³/mol. The molecule has 0 saturated carbocycles. The van der Waals surface area contributed by atoms with Crippen molar-refractivity contribution in [3.63, 3.8) is 0 Å². The molecule has 0 saturated heterocycles. The smallest absolute Gasteiger partial charge is 0.233 e. The molecule has 1 heterocycles. The molecule has 24 heavy (non-hydrogen) atoms. The number of para-hydroxylation sites is 1. The molecule has 2 rings (SSSR count). The lowest BCUT2D eigenvalue weighted by molar-refractivity contribution is -0.127. The molecule has 0 aliphatic heterocycles. The summed E-state index contributed by atoms with van der Waals surface area (Å²) in [6, 6.07) is 7.72. The highest BCUT2D eigenvalue weighted by Gasteiger charge is 2.14. The van der Waals surface area contributed by atoms with E-state index in [0.29, 0.717) is 17.5 Å². The number of carbonyl (C=O) groups excluding carboxylic acids is 1. The maximum absolute atomic E-state index is 12.4. The molecule has 0 bridgehead atoms. The van der Waals surface area contributed by atoms with Crippen LogP contribution in [0, 0.1) is 20.8 Å². The molecule has 128 valence electrons. The number of thioether (sulfide) groups is 1. The molecule has 0 aliphatic rings. The maximum atomic E-state index is 12.4. The zero-order valence-corrected chi connectivity index (χ0v) is 15.6. The highest BCUT2D eigenvalue weighted by atomic mass is 32.2. The number of hydrogen-bond donors (Lipinski definition) is 0. The van der Waals surface area contributed by atoms with E-state index >= 15 is 0 Å². The monoisotopic (exact) mass is 345 g/mol. The number of rotatable bonds is 6. The van der Waals surface area contributed by atoms with Crippen molar-refractivity contribution in [3.05, 3.63) is 46.8 Å². The van der Waals surface area contributed by atoms with E-state index < -0.39 is 0 Å².